The van der Waals surface area contributed by atoms with Gasteiger partial charge in [0.1, 0.15) is 0 Å². The van der Waals surface area contributed by atoms with Crippen LogP contribution in [-0.4, -0.2) is 36.1 Å². The smallest absolute Gasteiger partial charge is 0.338 e. The van der Waals surface area contributed by atoms with E-state index < -0.39 is 12.0 Å². The summed E-state index contributed by atoms with van der Waals surface area (Å²) in [6.45, 7) is 8.30. The quantitative estimate of drug-likeness (QED) is 0.467. The van der Waals surface area contributed by atoms with Crippen LogP contribution in [0.25, 0.3) is 0 Å². The molecule has 3 N–H and O–H groups in total. The monoisotopic (exact) mass is 464 g/mol. The molecule has 0 saturated heterocycles. The normalized spacial score (nSPS) is 15.6. The summed E-state index contributed by atoms with van der Waals surface area (Å²) < 4.78 is 5.27. The molecular weight excluding hydrogens is 432 g/mol. The first-order chi connectivity index (χ1) is 16.4. The molecule has 0 spiro atoms. The van der Waals surface area contributed by atoms with Crippen LogP contribution in [0.1, 0.15) is 51.3 Å². The van der Waals surface area contributed by atoms with Crippen molar-refractivity contribution in [2.45, 2.75) is 46.6 Å². The van der Waals surface area contributed by atoms with Crippen LogP contribution in [0.15, 0.2) is 59.8 Å². The number of urea groups is 2. The van der Waals surface area contributed by atoms with Gasteiger partial charge in [-0.15, -0.1) is 0 Å². The van der Waals surface area contributed by atoms with Crippen LogP contribution in [0.5, 0.6) is 0 Å². The lowest BCUT2D eigenvalue weighted by molar-refractivity contribution is -0.139. The molecule has 1 atom stereocenters. The molecule has 0 saturated carbocycles. The molecule has 8 nitrogen and oxygen atoms in total. The fourth-order valence-electron chi connectivity index (χ4n) is 3.87. The molecule has 0 bridgehead atoms. The van der Waals surface area contributed by atoms with Crippen LogP contribution in [-0.2, 0) is 16.0 Å². The number of amides is 4. The molecule has 1 aliphatic heterocycles. The summed E-state index contributed by atoms with van der Waals surface area (Å²) in [5, 5.41) is 8.52. The van der Waals surface area contributed by atoms with Crippen LogP contribution in [0.3, 0.4) is 0 Å². The van der Waals surface area contributed by atoms with E-state index in [9.17, 15) is 14.4 Å². The van der Waals surface area contributed by atoms with Gasteiger partial charge in [-0.25, -0.2) is 14.4 Å². The van der Waals surface area contributed by atoms with Crippen molar-refractivity contribution in [1.29, 1.82) is 0 Å². The van der Waals surface area contributed by atoms with Crippen molar-refractivity contribution >= 4 is 29.4 Å². The first-order valence-corrected chi connectivity index (χ1v) is 11.6. The number of anilines is 2. The Hall–Kier alpha value is -3.81. The fraction of sp³-hybridized carbons (Fsp3) is 0.346. The number of carbonyl (C=O) groups is 3. The van der Waals surface area contributed by atoms with Crippen molar-refractivity contribution in [2.75, 3.05) is 23.8 Å². The minimum Gasteiger partial charge on any atom is -0.463 e. The highest BCUT2D eigenvalue weighted by Crippen LogP contribution is 2.32. The van der Waals surface area contributed by atoms with Gasteiger partial charge in [0.05, 0.1) is 18.2 Å². The number of rotatable bonds is 8. The second kappa shape index (κ2) is 11.4. The second-order valence-electron chi connectivity index (χ2n) is 8.01. The molecule has 4 amide bonds. The van der Waals surface area contributed by atoms with Gasteiger partial charge in [-0.3, -0.25) is 4.90 Å². The number of nitrogens with one attached hydrogen (secondary N) is 3. The van der Waals surface area contributed by atoms with E-state index in [1.54, 1.807) is 43.0 Å². The van der Waals surface area contributed by atoms with Gasteiger partial charge in [-0.1, -0.05) is 38.1 Å². The number of benzene rings is 2. The summed E-state index contributed by atoms with van der Waals surface area (Å²) in [5.41, 5.74) is 4.19. The Morgan fingerprint density at radius 1 is 0.971 bits per heavy atom. The molecule has 180 valence electrons. The van der Waals surface area contributed by atoms with E-state index in [0.717, 1.165) is 12.8 Å². The third-order valence-electron chi connectivity index (χ3n) is 5.66. The van der Waals surface area contributed by atoms with E-state index in [1.807, 2.05) is 31.2 Å². The van der Waals surface area contributed by atoms with Crippen molar-refractivity contribution in [3.05, 3.63) is 70.9 Å². The number of nitrogens with zero attached hydrogens (tertiary/aromatic N) is 1. The predicted molar refractivity (Wildman–Crippen MR) is 133 cm³/mol. The van der Waals surface area contributed by atoms with Crippen molar-refractivity contribution in [3.63, 3.8) is 0 Å². The van der Waals surface area contributed by atoms with Crippen LogP contribution in [0.2, 0.25) is 0 Å². The van der Waals surface area contributed by atoms with Crippen molar-refractivity contribution in [2.24, 2.45) is 0 Å². The molecule has 0 aliphatic carbocycles. The Balaban J connectivity index is 1.76. The summed E-state index contributed by atoms with van der Waals surface area (Å²) in [5.74, 6) is -0.457. The predicted octanol–water partition coefficient (Wildman–Crippen LogP) is 5.21. The van der Waals surface area contributed by atoms with E-state index in [2.05, 4.69) is 22.9 Å². The third-order valence-corrected chi connectivity index (χ3v) is 5.66. The molecule has 2 aromatic rings. The number of ether oxygens (including phenoxy) is 1. The summed E-state index contributed by atoms with van der Waals surface area (Å²) in [6, 6.07) is 13.4. The van der Waals surface area contributed by atoms with E-state index in [4.69, 9.17) is 4.74 Å². The Morgan fingerprint density at radius 2 is 1.56 bits per heavy atom. The van der Waals surface area contributed by atoms with Gasteiger partial charge in [0.15, 0.2) is 0 Å². The Kier molecular flexibility index (Phi) is 8.29. The third kappa shape index (κ3) is 5.75. The molecule has 0 aromatic heterocycles. The van der Waals surface area contributed by atoms with E-state index in [1.165, 1.54) is 5.56 Å². The minimum atomic E-state index is -0.639. The number of allylic oxidation sites excluding steroid dienone is 1. The van der Waals surface area contributed by atoms with Crippen LogP contribution in [0, 0.1) is 0 Å². The molecular formula is C26H32N4O4. The zero-order valence-corrected chi connectivity index (χ0v) is 20.1. The highest BCUT2D eigenvalue weighted by Gasteiger charge is 2.36. The van der Waals surface area contributed by atoms with Gasteiger partial charge in [0.2, 0.25) is 0 Å². The number of carbonyl (C=O) groups excluding carboxylic acids is 3. The molecule has 8 heteroatoms. The summed E-state index contributed by atoms with van der Waals surface area (Å²) in [7, 11) is 0. The summed E-state index contributed by atoms with van der Waals surface area (Å²) >= 11 is 0. The Bertz CT molecular complexity index is 1060. The first kappa shape index (κ1) is 24.8. The molecule has 34 heavy (non-hydrogen) atoms. The maximum Gasteiger partial charge on any atom is 0.338 e. The first-order valence-electron chi connectivity index (χ1n) is 11.6. The van der Waals surface area contributed by atoms with Crippen LogP contribution >= 0.6 is 0 Å². The number of hydrogen-bond donors (Lipinski definition) is 3. The second-order valence-corrected chi connectivity index (χ2v) is 8.01. The molecule has 1 aliphatic rings. The molecule has 0 fully saturated rings. The van der Waals surface area contributed by atoms with Gasteiger partial charge in [-0.2, -0.15) is 0 Å². The van der Waals surface area contributed by atoms with Gasteiger partial charge < -0.3 is 20.7 Å². The van der Waals surface area contributed by atoms with E-state index in [-0.39, 0.29) is 18.7 Å². The molecule has 3 rings (SSSR count). The van der Waals surface area contributed by atoms with Crippen molar-refractivity contribution in [1.82, 2.24) is 10.2 Å². The van der Waals surface area contributed by atoms with Gasteiger partial charge in [-0.05, 0) is 62.1 Å². The summed E-state index contributed by atoms with van der Waals surface area (Å²) in [6.07, 6.45) is 1.69. The van der Waals surface area contributed by atoms with Gasteiger partial charge in [0, 0.05) is 23.6 Å². The van der Waals surface area contributed by atoms with Crippen molar-refractivity contribution in [3.8, 4) is 0 Å². The topological polar surface area (TPSA) is 99.8 Å². The molecule has 0 radical (unpaired) electrons. The zero-order chi connectivity index (χ0) is 24.7. The average molecular weight is 465 g/mol. The zero-order valence-electron chi connectivity index (χ0n) is 20.1. The Morgan fingerprint density at radius 3 is 2.09 bits per heavy atom. The lowest BCUT2D eigenvalue weighted by Crippen LogP contribution is -2.48. The van der Waals surface area contributed by atoms with Crippen LogP contribution in [0.4, 0.5) is 21.0 Å². The number of aryl methyl sites for hydroxylation is 1. The molecule has 1 heterocycles. The largest absolute Gasteiger partial charge is 0.463 e. The van der Waals surface area contributed by atoms with Crippen LogP contribution < -0.4 is 16.0 Å². The average Bonchev–Trinajstić information content (AvgIpc) is 2.82. The van der Waals surface area contributed by atoms with Gasteiger partial charge in [0.25, 0.3) is 0 Å². The summed E-state index contributed by atoms with van der Waals surface area (Å²) in [4.78, 5) is 39.4. The lowest BCUT2D eigenvalue weighted by atomic mass is 9.94. The number of hydrogen-bond acceptors (Lipinski definition) is 4. The highest BCUT2D eigenvalue weighted by molar-refractivity contribution is 6.00. The Labute approximate surface area is 200 Å². The lowest BCUT2D eigenvalue weighted by Gasteiger charge is -2.35. The maximum absolute atomic E-state index is 12.8. The van der Waals surface area contributed by atoms with E-state index >= 15 is 0 Å². The minimum absolute atomic E-state index is 0.239. The highest BCUT2D eigenvalue weighted by atomic mass is 16.5. The fourth-order valence-corrected chi connectivity index (χ4v) is 3.87. The SMILES string of the molecule is CCCN1C(=O)N[C@@H](c2ccc(NC(=O)Nc3ccc(CC)cc3)cc2)C(C(=O)OCC)=C1C. The molecule has 2 aromatic carbocycles. The molecule has 0 unspecified atom stereocenters. The maximum atomic E-state index is 12.8. The van der Waals surface area contributed by atoms with Crippen molar-refractivity contribution < 1.29 is 19.1 Å². The van der Waals surface area contributed by atoms with Gasteiger partial charge >= 0.3 is 18.0 Å². The standard InChI is InChI=1S/C26H32N4O4/c1-5-16-30-17(4)22(24(31)34-7-3)23(29-26(30)33)19-10-14-21(15-11-19)28-25(32)27-20-12-8-18(6-2)9-13-20/h8-15,23H,5-7,16H2,1-4H3,(H,29,33)(H2,27,28,32)/t23-/m0/s1. The van der Waals surface area contributed by atoms with E-state index in [0.29, 0.717) is 34.8 Å². The number of esters is 1.